The van der Waals surface area contributed by atoms with E-state index in [1.54, 1.807) is 6.26 Å². The molecular weight excluding hydrogens is 336 g/mol. The Kier molecular flexibility index (Phi) is 5.93. The molecule has 3 rings (SSSR count). The van der Waals surface area contributed by atoms with Gasteiger partial charge in [0.15, 0.2) is 0 Å². The van der Waals surface area contributed by atoms with Crippen LogP contribution in [0.5, 0.6) is 0 Å². The van der Waals surface area contributed by atoms with Crippen LogP contribution in [0.25, 0.3) is 0 Å². The number of piperidine rings is 1. The van der Waals surface area contributed by atoms with E-state index in [0.717, 1.165) is 49.4 Å². The fourth-order valence-electron chi connectivity index (χ4n) is 3.17. The first-order chi connectivity index (χ1) is 12.0. The minimum atomic E-state index is -3.28. The van der Waals surface area contributed by atoms with Crippen molar-refractivity contribution in [2.45, 2.75) is 32.1 Å². The van der Waals surface area contributed by atoms with E-state index < -0.39 is 10.0 Å². The Morgan fingerprint density at radius 1 is 1.16 bits per heavy atom. The number of aryl methyl sites for hydroxylation is 1. The number of rotatable bonds is 7. The molecule has 1 saturated heterocycles. The standard InChI is InChI=1S/C19H26N2O3S/c1-16-4-6-18(7-5-16)15-25(22,23)20-13-17-8-10-21(11-9-17)14-19-3-2-12-24-19/h2-7,12,17,20H,8-11,13-15H2,1H3. The number of hydrogen-bond donors (Lipinski definition) is 1. The summed E-state index contributed by atoms with van der Waals surface area (Å²) in [6.45, 7) is 5.31. The third kappa shape index (κ3) is 5.70. The minimum absolute atomic E-state index is 0.0462. The van der Waals surface area contributed by atoms with E-state index in [4.69, 9.17) is 4.42 Å². The van der Waals surface area contributed by atoms with E-state index in [-0.39, 0.29) is 5.75 Å². The number of sulfonamides is 1. The highest BCUT2D eigenvalue weighted by Crippen LogP contribution is 2.19. The normalized spacial score (nSPS) is 17.0. The highest BCUT2D eigenvalue weighted by molar-refractivity contribution is 7.88. The van der Waals surface area contributed by atoms with E-state index >= 15 is 0 Å². The summed E-state index contributed by atoms with van der Waals surface area (Å²) in [5.41, 5.74) is 1.96. The zero-order valence-electron chi connectivity index (χ0n) is 14.6. The van der Waals surface area contributed by atoms with Gasteiger partial charge in [-0.1, -0.05) is 29.8 Å². The summed E-state index contributed by atoms with van der Waals surface area (Å²) in [5.74, 6) is 1.43. The predicted octanol–water partition coefficient (Wildman–Crippen LogP) is 2.92. The Hall–Kier alpha value is -1.63. The van der Waals surface area contributed by atoms with Gasteiger partial charge >= 0.3 is 0 Å². The maximum Gasteiger partial charge on any atom is 0.215 e. The Balaban J connectivity index is 1.42. The van der Waals surface area contributed by atoms with Crippen LogP contribution >= 0.6 is 0 Å². The monoisotopic (exact) mass is 362 g/mol. The summed E-state index contributed by atoms with van der Waals surface area (Å²) in [7, 11) is -3.28. The van der Waals surface area contributed by atoms with Gasteiger partial charge in [-0.15, -0.1) is 0 Å². The molecule has 2 aromatic rings. The Bertz CT molecular complexity index is 746. The first-order valence-corrected chi connectivity index (χ1v) is 10.4. The largest absolute Gasteiger partial charge is 0.468 e. The molecule has 1 aliphatic rings. The first-order valence-electron chi connectivity index (χ1n) is 8.78. The lowest BCUT2D eigenvalue weighted by molar-refractivity contribution is 0.168. The van der Waals surface area contributed by atoms with E-state index in [1.807, 2.05) is 43.3 Å². The van der Waals surface area contributed by atoms with Crippen molar-refractivity contribution in [3.63, 3.8) is 0 Å². The van der Waals surface area contributed by atoms with Gasteiger partial charge < -0.3 is 4.42 Å². The number of nitrogens with zero attached hydrogens (tertiary/aromatic N) is 1. The summed E-state index contributed by atoms with van der Waals surface area (Å²) >= 11 is 0. The van der Waals surface area contributed by atoms with Gasteiger partial charge in [-0.05, 0) is 56.5 Å². The van der Waals surface area contributed by atoms with Crippen molar-refractivity contribution in [3.05, 3.63) is 59.5 Å². The fourth-order valence-corrected chi connectivity index (χ4v) is 4.39. The summed E-state index contributed by atoms with van der Waals surface area (Å²) in [5, 5.41) is 0. The molecular formula is C19H26N2O3S. The van der Waals surface area contributed by atoms with Gasteiger partial charge in [-0.25, -0.2) is 13.1 Å². The average molecular weight is 362 g/mol. The van der Waals surface area contributed by atoms with E-state index in [9.17, 15) is 8.42 Å². The van der Waals surface area contributed by atoms with Gasteiger partial charge in [-0.2, -0.15) is 0 Å². The van der Waals surface area contributed by atoms with Gasteiger partial charge in [0, 0.05) is 6.54 Å². The van der Waals surface area contributed by atoms with Crippen LogP contribution in [0.2, 0.25) is 0 Å². The van der Waals surface area contributed by atoms with E-state index in [2.05, 4.69) is 9.62 Å². The van der Waals surface area contributed by atoms with Crippen molar-refractivity contribution in [2.24, 2.45) is 5.92 Å². The molecule has 0 atom stereocenters. The molecule has 5 nitrogen and oxygen atoms in total. The molecule has 0 saturated carbocycles. The minimum Gasteiger partial charge on any atom is -0.468 e. The second-order valence-electron chi connectivity index (χ2n) is 6.89. The van der Waals surface area contributed by atoms with Gasteiger partial charge in [0.1, 0.15) is 5.76 Å². The lowest BCUT2D eigenvalue weighted by Crippen LogP contribution is -2.38. The maximum atomic E-state index is 12.3. The molecule has 0 aliphatic carbocycles. The van der Waals surface area contributed by atoms with Crippen molar-refractivity contribution in [2.75, 3.05) is 19.6 Å². The Labute approximate surface area is 150 Å². The molecule has 25 heavy (non-hydrogen) atoms. The molecule has 1 N–H and O–H groups in total. The van der Waals surface area contributed by atoms with Crippen molar-refractivity contribution >= 4 is 10.0 Å². The van der Waals surface area contributed by atoms with Crippen molar-refractivity contribution in [1.29, 1.82) is 0 Å². The van der Waals surface area contributed by atoms with E-state index in [1.165, 1.54) is 0 Å². The highest BCUT2D eigenvalue weighted by Gasteiger charge is 2.21. The third-order valence-corrected chi connectivity index (χ3v) is 6.06. The van der Waals surface area contributed by atoms with Gasteiger partial charge in [0.25, 0.3) is 0 Å². The summed E-state index contributed by atoms with van der Waals surface area (Å²) < 4.78 is 32.7. The molecule has 0 amide bonds. The molecule has 0 bridgehead atoms. The summed E-state index contributed by atoms with van der Waals surface area (Å²) in [6.07, 6.45) is 3.71. The van der Waals surface area contributed by atoms with Crippen LogP contribution in [0.3, 0.4) is 0 Å². The second kappa shape index (κ2) is 8.17. The summed E-state index contributed by atoms with van der Waals surface area (Å²) in [4.78, 5) is 2.36. The van der Waals surface area contributed by atoms with Crippen LogP contribution in [-0.2, 0) is 22.3 Å². The Morgan fingerprint density at radius 2 is 1.88 bits per heavy atom. The van der Waals surface area contributed by atoms with Crippen LogP contribution < -0.4 is 4.72 Å². The number of benzene rings is 1. The topological polar surface area (TPSA) is 62.6 Å². The number of nitrogens with one attached hydrogen (secondary N) is 1. The fraction of sp³-hybridized carbons (Fsp3) is 0.474. The number of furan rings is 1. The lowest BCUT2D eigenvalue weighted by Gasteiger charge is -2.31. The summed E-state index contributed by atoms with van der Waals surface area (Å²) in [6, 6.07) is 11.5. The van der Waals surface area contributed by atoms with Gasteiger partial charge in [0.2, 0.25) is 10.0 Å². The maximum absolute atomic E-state index is 12.3. The third-order valence-electron chi connectivity index (χ3n) is 4.74. The molecule has 136 valence electrons. The molecule has 2 heterocycles. The smallest absolute Gasteiger partial charge is 0.215 e. The number of likely N-dealkylation sites (tertiary alicyclic amines) is 1. The molecule has 1 fully saturated rings. The predicted molar refractivity (Wildman–Crippen MR) is 98.5 cm³/mol. The zero-order valence-corrected chi connectivity index (χ0v) is 15.5. The SMILES string of the molecule is Cc1ccc(CS(=O)(=O)NCC2CCN(Cc3ccco3)CC2)cc1. The lowest BCUT2D eigenvalue weighted by atomic mass is 9.97. The quantitative estimate of drug-likeness (QED) is 0.823. The van der Waals surface area contributed by atoms with Crippen LogP contribution in [-0.4, -0.2) is 33.0 Å². The molecule has 6 heteroatoms. The molecule has 1 aromatic carbocycles. The molecule has 0 unspecified atom stereocenters. The first kappa shape index (κ1) is 18.2. The number of hydrogen-bond acceptors (Lipinski definition) is 4. The van der Waals surface area contributed by atoms with Crippen LogP contribution in [0.1, 0.15) is 29.7 Å². The molecule has 1 aliphatic heterocycles. The average Bonchev–Trinajstić information content (AvgIpc) is 3.09. The molecule has 1 aromatic heterocycles. The van der Waals surface area contributed by atoms with Crippen molar-refractivity contribution < 1.29 is 12.8 Å². The van der Waals surface area contributed by atoms with E-state index in [0.29, 0.717) is 12.5 Å². The highest BCUT2D eigenvalue weighted by atomic mass is 32.2. The van der Waals surface area contributed by atoms with Gasteiger partial charge in [-0.3, -0.25) is 4.90 Å². The van der Waals surface area contributed by atoms with Crippen LogP contribution in [0.15, 0.2) is 47.1 Å². The molecule has 0 spiro atoms. The van der Waals surface area contributed by atoms with Crippen LogP contribution in [0, 0.1) is 12.8 Å². The van der Waals surface area contributed by atoms with Crippen LogP contribution in [0.4, 0.5) is 0 Å². The van der Waals surface area contributed by atoms with Crippen molar-refractivity contribution in [1.82, 2.24) is 9.62 Å². The Morgan fingerprint density at radius 3 is 2.52 bits per heavy atom. The second-order valence-corrected chi connectivity index (χ2v) is 8.70. The molecule has 0 radical (unpaired) electrons. The van der Waals surface area contributed by atoms with Gasteiger partial charge in [0.05, 0.1) is 18.6 Å². The van der Waals surface area contributed by atoms with Crippen molar-refractivity contribution in [3.8, 4) is 0 Å². The zero-order chi connectivity index (χ0) is 17.7.